The lowest BCUT2D eigenvalue weighted by atomic mass is 10.0. The number of amides is 3. The highest BCUT2D eigenvalue weighted by atomic mass is 16.6. The monoisotopic (exact) mass is 428 g/mol. The van der Waals surface area contributed by atoms with E-state index in [1.54, 1.807) is 29.2 Å². The second-order valence-electron chi connectivity index (χ2n) is 8.59. The van der Waals surface area contributed by atoms with E-state index in [2.05, 4.69) is 17.0 Å². The van der Waals surface area contributed by atoms with Gasteiger partial charge in [0.15, 0.2) is 0 Å². The summed E-state index contributed by atoms with van der Waals surface area (Å²) in [6, 6.07) is 19.0. The minimum Gasteiger partial charge on any atom is -0.306 e. The molecule has 8 nitrogen and oxygen atoms in total. The predicted molar refractivity (Wildman–Crippen MR) is 118 cm³/mol. The Morgan fingerprint density at radius 1 is 0.938 bits per heavy atom. The summed E-state index contributed by atoms with van der Waals surface area (Å²) in [6.45, 7) is 1.48. The van der Waals surface area contributed by atoms with Gasteiger partial charge >= 0.3 is 6.03 Å². The van der Waals surface area contributed by atoms with Gasteiger partial charge in [0.1, 0.15) is 6.04 Å². The topological polar surface area (TPSA) is 87.0 Å². The maximum Gasteiger partial charge on any atom is 0.332 e. The van der Waals surface area contributed by atoms with Crippen LogP contribution in [0.15, 0.2) is 66.7 Å². The number of carbonyl (C=O) groups is 2. The molecule has 2 unspecified atom stereocenters. The molecule has 160 valence electrons. The summed E-state index contributed by atoms with van der Waals surface area (Å²) in [4.78, 5) is 43.2. The molecule has 3 saturated heterocycles. The molecule has 3 amide bonds. The normalized spacial score (nSPS) is 24.6. The van der Waals surface area contributed by atoms with Gasteiger partial charge < -0.3 is 4.90 Å². The molecule has 8 heteroatoms. The van der Waals surface area contributed by atoms with Gasteiger partial charge in [-0.05, 0) is 24.1 Å². The number of nitro groups is 1. The first-order chi connectivity index (χ1) is 15.5. The molecule has 0 aliphatic carbocycles. The van der Waals surface area contributed by atoms with E-state index in [0.717, 1.165) is 19.5 Å². The van der Waals surface area contributed by atoms with Crippen LogP contribution in [0.2, 0.25) is 0 Å². The number of nitrogens with zero attached hydrogens (tertiary/aromatic N) is 4. The summed E-state index contributed by atoms with van der Waals surface area (Å²) >= 11 is 0. The fourth-order valence-electron chi connectivity index (χ4n) is 5.59. The number of carbonyl (C=O) groups excluding carboxylic acids is 2. The molecule has 0 radical (unpaired) electrons. The number of hydrogen-bond acceptors (Lipinski definition) is 5. The van der Waals surface area contributed by atoms with Crippen LogP contribution in [0.4, 0.5) is 16.2 Å². The summed E-state index contributed by atoms with van der Waals surface area (Å²) in [7, 11) is 0. The number of piperazine rings is 1. The number of fused-ring (bicyclic) bond motifs is 6. The molecule has 0 saturated carbocycles. The van der Waals surface area contributed by atoms with Crippen LogP contribution >= 0.6 is 0 Å². The van der Waals surface area contributed by atoms with Crippen molar-refractivity contribution in [3.8, 4) is 0 Å². The van der Waals surface area contributed by atoms with Crippen molar-refractivity contribution in [1.82, 2.24) is 9.80 Å². The number of anilines is 1. The smallest absolute Gasteiger partial charge is 0.306 e. The molecule has 3 aliphatic heterocycles. The van der Waals surface area contributed by atoms with Crippen molar-refractivity contribution in [1.29, 1.82) is 0 Å². The molecule has 0 spiro atoms. The molecule has 0 aromatic heterocycles. The average molecular weight is 428 g/mol. The van der Waals surface area contributed by atoms with Gasteiger partial charge in [-0.1, -0.05) is 48.5 Å². The second kappa shape index (κ2) is 6.86. The number of imide groups is 1. The second-order valence-corrected chi connectivity index (χ2v) is 8.59. The van der Waals surface area contributed by atoms with E-state index < -0.39 is 11.0 Å². The van der Waals surface area contributed by atoms with Crippen molar-refractivity contribution in [3.63, 3.8) is 0 Å². The quantitative estimate of drug-likeness (QED) is 0.360. The summed E-state index contributed by atoms with van der Waals surface area (Å²) in [5.74, 6) is -0.251. The SMILES string of the molecule is O=C1[C@@H]2C3CC(CN3Cc3ccccc3)N2C(=O)N1c1ccc([N+](=O)[O-])c2ccccc12. The number of nitro benzene ring substituents is 1. The minimum atomic E-state index is -0.515. The van der Waals surface area contributed by atoms with Crippen molar-refractivity contribution in [3.05, 3.63) is 82.4 Å². The largest absolute Gasteiger partial charge is 0.332 e. The fourth-order valence-corrected chi connectivity index (χ4v) is 5.59. The Bertz CT molecular complexity index is 1280. The van der Waals surface area contributed by atoms with Gasteiger partial charge in [0.25, 0.3) is 11.6 Å². The zero-order valence-corrected chi connectivity index (χ0v) is 17.1. The third-order valence-electron chi connectivity index (χ3n) is 6.92. The highest BCUT2D eigenvalue weighted by Crippen LogP contribution is 2.44. The third-order valence-corrected chi connectivity index (χ3v) is 6.92. The number of hydrogen-bond donors (Lipinski definition) is 0. The van der Waals surface area contributed by atoms with E-state index in [1.807, 2.05) is 18.2 Å². The first-order valence-corrected chi connectivity index (χ1v) is 10.6. The molecule has 3 heterocycles. The van der Waals surface area contributed by atoms with Crippen LogP contribution < -0.4 is 4.90 Å². The van der Waals surface area contributed by atoms with Crippen LogP contribution in [0.25, 0.3) is 10.8 Å². The Labute approximate surface area is 183 Å². The highest BCUT2D eigenvalue weighted by molar-refractivity contribution is 6.25. The van der Waals surface area contributed by atoms with Gasteiger partial charge in [-0.2, -0.15) is 0 Å². The Morgan fingerprint density at radius 3 is 2.41 bits per heavy atom. The summed E-state index contributed by atoms with van der Waals surface area (Å²) < 4.78 is 0. The number of non-ortho nitro benzene ring substituents is 1. The highest BCUT2D eigenvalue weighted by Gasteiger charge is 2.62. The summed E-state index contributed by atoms with van der Waals surface area (Å²) in [5, 5.41) is 12.4. The Morgan fingerprint density at radius 2 is 1.66 bits per heavy atom. The number of urea groups is 1. The predicted octanol–water partition coefficient (Wildman–Crippen LogP) is 3.54. The maximum absolute atomic E-state index is 13.6. The van der Waals surface area contributed by atoms with Crippen molar-refractivity contribution < 1.29 is 14.5 Å². The van der Waals surface area contributed by atoms with E-state index in [4.69, 9.17) is 0 Å². The number of benzene rings is 3. The summed E-state index contributed by atoms with van der Waals surface area (Å²) in [5.41, 5.74) is 1.55. The standard InChI is InChI=1S/C24H20N4O4/c29-23-22-21-12-16(14-25(21)13-15-6-2-1-3-7-15)26(22)24(30)27(23)19-10-11-20(28(31)32)18-9-5-4-8-17(18)19/h1-11,16,21-22H,12-14H2/t16?,21?,22-/m0/s1. The molecule has 6 rings (SSSR count). The average Bonchev–Trinajstić information content (AvgIpc) is 3.45. The Hall–Kier alpha value is -3.78. The van der Waals surface area contributed by atoms with E-state index in [-0.39, 0.29) is 29.7 Å². The molecule has 0 N–H and O–H groups in total. The zero-order chi connectivity index (χ0) is 22.0. The lowest BCUT2D eigenvalue weighted by molar-refractivity contribution is -0.383. The lowest BCUT2D eigenvalue weighted by Gasteiger charge is -2.34. The van der Waals surface area contributed by atoms with Gasteiger partial charge in [-0.3, -0.25) is 19.8 Å². The van der Waals surface area contributed by atoms with Gasteiger partial charge in [-0.15, -0.1) is 0 Å². The van der Waals surface area contributed by atoms with Gasteiger partial charge in [0, 0.05) is 36.6 Å². The first kappa shape index (κ1) is 18.9. The Kier molecular flexibility index (Phi) is 4.06. The van der Waals surface area contributed by atoms with Gasteiger partial charge in [0.05, 0.1) is 16.0 Å². The van der Waals surface area contributed by atoms with Crippen LogP contribution in [0, 0.1) is 10.1 Å². The van der Waals surface area contributed by atoms with Crippen molar-refractivity contribution in [2.45, 2.75) is 31.1 Å². The van der Waals surface area contributed by atoms with E-state index in [9.17, 15) is 19.7 Å². The molecule has 32 heavy (non-hydrogen) atoms. The number of likely N-dealkylation sites (tertiary alicyclic amines) is 1. The molecular weight excluding hydrogens is 408 g/mol. The van der Waals surface area contributed by atoms with Gasteiger partial charge in [0.2, 0.25) is 0 Å². The molecule has 3 fully saturated rings. The molecule has 3 aromatic carbocycles. The van der Waals surface area contributed by atoms with E-state index >= 15 is 0 Å². The third kappa shape index (κ3) is 2.59. The van der Waals surface area contributed by atoms with E-state index in [0.29, 0.717) is 16.5 Å². The first-order valence-electron chi connectivity index (χ1n) is 10.6. The van der Waals surface area contributed by atoms with Crippen molar-refractivity contribution in [2.75, 3.05) is 11.4 Å². The minimum absolute atomic E-state index is 0.000486. The van der Waals surface area contributed by atoms with Crippen molar-refractivity contribution in [2.24, 2.45) is 0 Å². The molecular formula is C24H20N4O4. The molecule has 3 atom stereocenters. The fraction of sp³-hybridized carbons (Fsp3) is 0.250. The maximum atomic E-state index is 13.6. The van der Waals surface area contributed by atoms with Crippen molar-refractivity contribution >= 4 is 34.1 Å². The molecule has 3 aliphatic rings. The van der Waals surface area contributed by atoms with Crippen LogP contribution in [-0.2, 0) is 11.3 Å². The molecule has 2 bridgehead atoms. The van der Waals surface area contributed by atoms with E-state index in [1.165, 1.54) is 22.6 Å². The number of rotatable bonds is 4. The van der Waals surface area contributed by atoms with Crippen LogP contribution in [-0.4, -0.2) is 51.3 Å². The molecule has 3 aromatic rings. The van der Waals surface area contributed by atoms with Crippen LogP contribution in [0.3, 0.4) is 0 Å². The van der Waals surface area contributed by atoms with Crippen LogP contribution in [0.1, 0.15) is 12.0 Å². The van der Waals surface area contributed by atoms with Crippen LogP contribution in [0.5, 0.6) is 0 Å². The lowest BCUT2D eigenvalue weighted by Crippen LogP contribution is -2.52. The zero-order valence-electron chi connectivity index (χ0n) is 17.1. The summed E-state index contributed by atoms with van der Waals surface area (Å²) in [6.07, 6.45) is 0.795. The van der Waals surface area contributed by atoms with Gasteiger partial charge in [-0.25, -0.2) is 9.69 Å². The Balaban J connectivity index is 1.36.